The molecule has 36 heavy (non-hydrogen) atoms. The third-order valence-corrected chi connectivity index (χ3v) is 5.30. The number of anilines is 1. The van der Waals surface area contributed by atoms with E-state index in [0.717, 1.165) is 6.07 Å². The van der Waals surface area contributed by atoms with E-state index >= 15 is 0 Å². The number of H-pyrrole nitrogens is 1. The minimum absolute atomic E-state index is 0.0334. The van der Waals surface area contributed by atoms with Crippen molar-refractivity contribution in [3.05, 3.63) is 59.0 Å². The second-order valence-electron chi connectivity index (χ2n) is 7.34. The van der Waals surface area contributed by atoms with Crippen LogP contribution < -0.4 is 19.5 Å². The molecule has 4 rings (SSSR count). The molecule has 13 heteroatoms. The van der Waals surface area contributed by atoms with Crippen molar-refractivity contribution in [2.24, 2.45) is 0 Å². The first-order valence-electron chi connectivity index (χ1n) is 10.1. The Morgan fingerprint density at radius 2 is 1.78 bits per heavy atom. The maximum absolute atomic E-state index is 14.1. The van der Waals surface area contributed by atoms with Gasteiger partial charge in [-0.15, -0.1) is 0 Å². The number of aromatic nitrogens is 3. The number of benzene rings is 2. The van der Waals surface area contributed by atoms with E-state index in [2.05, 4.69) is 15.4 Å². The number of rotatable bonds is 6. The first kappa shape index (κ1) is 24.4. The lowest BCUT2D eigenvalue weighted by Gasteiger charge is -2.14. The van der Waals surface area contributed by atoms with Crippen LogP contribution in [0.1, 0.15) is 21.5 Å². The molecule has 0 saturated carbocycles. The van der Waals surface area contributed by atoms with Gasteiger partial charge >= 0.3 is 6.18 Å². The molecule has 0 spiro atoms. The zero-order valence-electron chi connectivity index (χ0n) is 19.0. The van der Waals surface area contributed by atoms with E-state index in [1.807, 2.05) is 6.07 Å². The maximum atomic E-state index is 14.1. The summed E-state index contributed by atoms with van der Waals surface area (Å²) >= 11 is 0. The molecular formula is C23H17F4N5O4. The highest BCUT2D eigenvalue weighted by Crippen LogP contribution is 2.43. The van der Waals surface area contributed by atoms with Gasteiger partial charge in [0.05, 0.1) is 38.8 Å². The number of alkyl halides is 3. The smallest absolute Gasteiger partial charge is 0.419 e. The molecule has 9 nitrogen and oxygen atoms in total. The number of imidazole rings is 1. The molecule has 0 aliphatic rings. The number of nitrogens with one attached hydrogen (secondary N) is 2. The van der Waals surface area contributed by atoms with Gasteiger partial charge in [-0.3, -0.25) is 4.79 Å². The highest BCUT2D eigenvalue weighted by Gasteiger charge is 2.34. The van der Waals surface area contributed by atoms with Crippen LogP contribution in [-0.2, 0) is 6.18 Å². The first-order chi connectivity index (χ1) is 17.1. The average Bonchev–Trinajstić information content (AvgIpc) is 3.41. The predicted molar refractivity (Wildman–Crippen MR) is 119 cm³/mol. The van der Waals surface area contributed by atoms with E-state index in [1.165, 1.54) is 32.0 Å². The number of aromatic amines is 1. The zero-order chi connectivity index (χ0) is 26.2. The van der Waals surface area contributed by atoms with Crippen molar-refractivity contribution >= 4 is 17.4 Å². The summed E-state index contributed by atoms with van der Waals surface area (Å²) in [5.74, 6) is -1.57. The van der Waals surface area contributed by atoms with Crippen molar-refractivity contribution in [2.45, 2.75) is 6.18 Å². The molecule has 4 aromatic rings. The molecule has 2 aromatic carbocycles. The van der Waals surface area contributed by atoms with Crippen LogP contribution >= 0.6 is 0 Å². The number of halogens is 4. The maximum Gasteiger partial charge on any atom is 0.419 e. The van der Waals surface area contributed by atoms with E-state index in [0.29, 0.717) is 34.9 Å². The zero-order valence-corrected chi connectivity index (χ0v) is 19.0. The Labute approximate surface area is 200 Å². The Bertz CT molecular complexity index is 1490. The summed E-state index contributed by atoms with van der Waals surface area (Å²) in [6.07, 6.45) is -3.65. The molecule has 0 aliphatic carbocycles. The molecule has 2 heterocycles. The Morgan fingerprint density at radius 1 is 1.11 bits per heavy atom. The quantitative estimate of drug-likeness (QED) is 0.371. The van der Waals surface area contributed by atoms with Crippen LogP contribution in [0.3, 0.4) is 0 Å². The summed E-state index contributed by atoms with van der Waals surface area (Å²) in [6.45, 7) is 0. The highest BCUT2D eigenvalue weighted by atomic mass is 19.4. The normalized spacial score (nSPS) is 11.3. The standard InChI is InChI=1S/C23H17F4N5O4/c1-34-16-7-12(8-17(35-2)19(16)36-3)18-21(32-20(30-18)13(9-28)10-29-32)31-22(33)11-4-5-14(15(24)6-11)23(25,26)27/h4-8,10,30H,1-3H3,(H,31,33). The van der Waals surface area contributed by atoms with Gasteiger partial charge in [0.1, 0.15) is 17.4 Å². The van der Waals surface area contributed by atoms with Gasteiger partial charge < -0.3 is 24.5 Å². The van der Waals surface area contributed by atoms with Crippen LogP contribution in [0.2, 0.25) is 0 Å². The van der Waals surface area contributed by atoms with E-state index < -0.39 is 23.5 Å². The molecule has 0 aliphatic heterocycles. The van der Waals surface area contributed by atoms with Crippen molar-refractivity contribution in [3.8, 4) is 34.6 Å². The first-order valence-corrected chi connectivity index (χ1v) is 10.1. The number of nitrogens with zero attached hydrogens (tertiary/aromatic N) is 3. The summed E-state index contributed by atoms with van der Waals surface area (Å²) in [7, 11) is 4.26. The lowest BCUT2D eigenvalue weighted by molar-refractivity contribution is -0.140. The molecule has 2 N–H and O–H groups in total. The summed E-state index contributed by atoms with van der Waals surface area (Å²) in [5.41, 5.74) is -0.785. The van der Waals surface area contributed by atoms with Crippen molar-refractivity contribution < 1.29 is 36.6 Å². The van der Waals surface area contributed by atoms with Gasteiger partial charge in [0.2, 0.25) is 5.75 Å². The van der Waals surface area contributed by atoms with Gasteiger partial charge in [0.15, 0.2) is 23.0 Å². The Kier molecular flexibility index (Phi) is 6.19. The molecule has 0 bridgehead atoms. The predicted octanol–water partition coefficient (Wildman–Crippen LogP) is 4.64. The Balaban J connectivity index is 1.84. The SMILES string of the molecule is COc1cc(-c2[nH]c3c(C#N)cnn3c2NC(=O)c2ccc(C(F)(F)F)c(F)c2)cc(OC)c1OC. The molecular weight excluding hydrogens is 486 g/mol. The second-order valence-corrected chi connectivity index (χ2v) is 7.34. The van der Waals surface area contributed by atoms with Gasteiger partial charge in [-0.25, -0.2) is 4.39 Å². The fourth-order valence-corrected chi connectivity index (χ4v) is 3.62. The number of ether oxygens (including phenoxy) is 3. The second kappa shape index (κ2) is 9.14. The summed E-state index contributed by atoms with van der Waals surface area (Å²) in [6, 6.07) is 6.95. The molecule has 0 radical (unpaired) electrons. The highest BCUT2D eigenvalue weighted by molar-refractivity contribution is 6.06. The van der Waals surface area contributed by atoms with Gasteiger partial charge in [-0.2, -0.15) is 28.0 Å². The van der Waals surface area contributed by atoms with Crippen LogP contribution in [0.5, 0.6) is 17.2 Å². The van der Waals surface area contributed by atoms with Crippen LogP contribution in [0.4, 0.5) is 23.4 Å². The third kappa shape index (κ3) is 4.13. The van der Waals surface area contributed by atoms with Gasteiger partial charge in [0, 0.05) is 11.1 Å². The fourth-order valence-electron chi connectivity index (χ4n) is 3.62. The van der Waals surface area contributed by atoms with Gasteiger partial charge in [-0.1, -0.05) is 0 Å². The van der Waals surface area contributed by atoms with Crippen molar-refractivity contribution in [2.75, 3.05) is 26.6 Å². The summed E-state index contributed by atoms with van der Waals surface area (Å²) in [5, 5.41) is 16.0. The molecule has 1 amide bonds. The molecule has 2 aromatic heterocycles. The number of fused-ring (bicyclic) bond motifs is 1. The van der Waals surface area contributed by atoms with Crippen LogP contribution in [0.25, 0.3) is 16.9 Å². The number of nitriles is 1. The minimum atomic E-state index is -4.91. The minimum Gasteiger partial charge on any atom is -0.493 e. The molecule has 0 unspecified atom stereocenters. The van der Waals surface area contributed by atoms with Crippen molar-refractivity contribution in [1.29, 1.82) is 5.26 Å². The number of amides is 1. The largest absolute Gasteiger partial charge is 0.493 e. The van der Waals surface area contributed by atoms with E-state index in [-0.39, 0.29) is 28.3 Å². The average molecular weight is 503 g/mol. The van der Waals surface area contributed by atoms with E-state index in [9.17, 15) is 27.6 Å². The Hall–Kier alpha value is -4.73. The van der Waals surface area contributed by atoms with E-state index in [4.69, 9.17) is 14.2 Å². The summed E-state index contributed by atoms with van der Waals surface area (Å²) in [4.78, 5) is 15.9. The topological polar surface area (TPSA) is 114 Å². The van der Waals surface area contributed by atoms with Crippen molar-refractivity contribution in [1.82, 2.24) is 14.6 Å². The van der Waals surface area contributed by atoms with Crippen LogP contribution in [-0.4, -0.2) is 41.8 Å². The van der Waals surface area contributed by atoms with Crippen molar-refractivity contribution in [3.63, 3.8) is 0 Å². The number of methoxy groups -OCH3 is 3. The number of carbonyl (C=O) groups excluding carboxylic acids is 1. The monoisotopic (exact) mass is 503 g/mol. The van der Waals surface area contributed by atoms with Crippen LogP contribution in [0, 0.1) is 17.1 Å². The van der Waals surface area contributed by atoms with Crippen LogP contribution in [0.15, 0.2) is 36.5 Å². The number of carbonyl (C=O) groups is 1. The molecule has 0 fully saturated rings. The molecule has 0 atom stereocenters. The van der Waals surface area contributed by atoms with Gasteiger partial charge in [-0.05, 0) is 30.3 Å². The van der Waals surface area contributed by atoms with Gasteiger partial charge in [0.25, 0.3) is 5.91 Å². The lowest BCUT2D eigenvalue weighted by atomic mass is 10.1. The molecule has 0 saturated heterocycles. The van der Waals surface area contributed by atoms with E-state index in [1.54, 1.807) is 12.1 Å². The fraction of sp³-hybridized carbons (Fsp3) is 0.174. The number of hydrogen-bond donors (Lipinski definition) is 2. The Morgan fingerprint density at radius 3 is 2.31 bits per heavy atom. The lowest BCUT2D eigenvalue weighted by Crippen LogP contribution is -2.16. The molecule has 186 valence electrons. The summed E-state index contributed by atoms with van der Waals surface area (Å²) < 4.78 is 70.1. The number of hydrogen-bond acceptors (Lipinski definition) is 6. The third-order valence-electron chi connectivity index (χ3n) is 5.30.